The number of carbonyl (C=O) groups is 3. The van der Waals surface area contributed by atoms with Crippen LogP contribution in [0.1, 0.15) is 42.3 Å². The van der Waals surface area contributed by atoms with E-state index in [1.807, 2.05) is 0 Å². The van der Waals surface area contributed by atoms with E-state index >= 15 is 0 Å². The summed E-state index contributed by atoms with van der Waals surface area (Å²) in [4.78, 5) is 37.3. The Morgan fingerprint density at radius 3 is 2.32 bits per heavy atom. The molecule has 0 saturated heterocycles. The summed E-state index contributed by atoms with van der Waals surface area (Å²) < 4.78 is 5.61. The van der Waals surface area contributed by atoms with Gasteiger partial charge < -0.3 is 20.7 Å². The van der Waals surface area contributed by atoms with Crippen LogP contribution in [-0.2, 0) is 15.0 Å². The fourth-order valence-electron chi connectivity index (χ4n) is 3.38. The van der Waals surface area contributed by atoms with Gasteiger partial charge in [-0.2, -0.15) is 0 Å². The molecule has 4 N–H and O–H groups in total. The number of phenols is 2. The lowest BCUT2D eigenvalue weighted by atomic mass is 9.70. The molecule has 0 fully saturated rings. The lowest BCUT2D eigenvalue weighted by molar-refractivity contribution is -0.123. The number of benzene rings is 1. The molecule has 3 rings (SSSR count). The maximum Gasteiger partial charge on any atom is 0.194 e. The van der Waals surface area contributed by atoms with Crippen LogP contribution in [-0.4, -0.2) is 27.6 Å². The van der Waals surface area contributed by atoms with Crippen LogP contribution < -0.4 is 10.5 Å². The molecule has 25 heavy (non-hydrogen) atoms. The standard InChI is InChI=1S/C18H17NO6/c1-6-14(22)12(8(3)20)16-13(15(6)23)18(4)10(25-16)5-9(21)11(7(2)19)17(18)24/h5,22-23H,19H2,1-4H3/b11-7-/t18-/m0/s1. The van der Waals surface area contributed by atoms with E-state index < -0.39 is 28.5 Å². The molecule has 0 saturated carbocycles. The summed E-state index contributed by atoms with van der Waals surface area (Å²) in [6.45, 7) is 5.58. The number of nitrogens with two attached hydrogens (primary N) is 1. The first-order chi connectivity index (χ1) is 11.5. The second kappa shape index (κ2) is 4.95. The highest BCUT2D eigenvalue weighted by Gasteiger charge is 2.56. The maximum atomic E-state index is 13.0. The molecule has 7 nitrogen and oxygen atoms in total. The number of ketones is 3. The third-order valence-electron chi connectivity index (χ3n) is 4.78. The summed E-state index contributed by atoms with van der Waals surface area (Å²) in [6, 6.07) is 0. The second-order valence-electron chi connectivity index (χ2n) is 6.44. The number of Topliss-reactive ketones (excluding diaryl/α,β-unsaturated/α-hetero) is 2. The molecule has 1 aliphatic carbocycles. The van der Waals surface area contributed by atoms with Gasteiger partial charge in [0.1, 0.15) is 34.0 Å². The molecule has 0 unspecified atom stereocenters. The number of ether oxygens (including phenoxy) is 1. The number of fused-ring (bicyclic) bond motifs is 3. The zero-order valence-corrected chi connectivity index (χ0v) is 14.2. The van der Waals surface area contributed by atoms with Gasteiger partial charge in [0.05, 0.1) is 11.1 Å². The van der Waals surface area contributed by atoms with Crippen molar-refractivity contribution in [2.45, 2.75) is 33.1 Å². The SMILES string of the molecule is CC(=O)c1c(O)c(C)c(O)c2c1OC1=CC(=O)/C(=C(\C)N)C(=O)[C@@]12C. The highest BCUT2D eigenvalue weighted by molar-refractivity contribution is 6.31. The number of phenolic OH excluding ortho intramolecular Hbond substituents is 2. The molecule has 0 bridgehead atoms. The third kappa shape index (κ3) is 1.89. The average molecular weight is 343 g/mol. The van der Waals surface area contributed by atoms with Crippen molar-refractivity contribution in [3.8, 4) is 17.2 Å². The van der Waals surface area contributed by atoms with Crippen LogP contribution in [0.2, 0.25) is 0 Å². The molecule has 2 aliphatic rings. The molecule has 0 amide bonds. The zero-order chi connectivity index (χ0) is 18.8. The van der Waals surface area contributed by atoms with Crippen molar-refractivity contribution in [2.24, 2.45) is 5.73 Å². The van der Waals surface area contributed by atoms with E-state index in [2.05, 4.69) is 0 Å². The maximum absolute atomic E-state index is 13.0. The summed E-state index contributed by atoms with van der Waals surface area (Å²) in [5.41, 5.74) is 4.02. The molecular formula is C18H17NO6. The van der Waals surface area contributed by atoms with E-state index in [0.29, 0.717) is 0 Å². The largest absolute Gasteiger partial charge is 0.507 e. The van der Waals surface area contributed by atoms with Crippen LogP contribution in [0.15, 0.2) is 23.1 Å². The second-order valence-corrected chi connectivity index (χ2v) is 6.44. The van der Waals surface area contributed by atoms with Gasteiger partial charge >= 0.3 is 0 Å². The summed E-state index contributed by atoms with van der Waals surface area (Å²) in [5, 5.41) is 20.8. The number of hydrogen-bond donors (Lipinski definition) is 3. The molecule has 0 spiro atoms. The number of aromatic hydroxyl groups is 2. The van der Waals surface area contributed by atoms with Gasteiger partial charge in [-0.1, -0.05) is 0 Å². The zero-order valence-electron chi connectivity index (χ0n) is 14.2. The Labute approximate surface area is 143 Å². The van der Waals surface area contributed by atoms with Gasteiger partial charge in [-0.25, -0.2) is 0 Å². The van der Waals surface area contributed by atoms with Crippen molar-refractivity contribution in [2.75, 3.05) is 0 Å². The van der Waals surface area contributed by atoms with E-state index in [4.69, 9.17) is 10.5 Å². The van der Waals surface area contributed by atoms with Gasteiger partial charge in [0.2, 0.25) is 0 Å². The number of rotatable bonds is 1. The van der Waals surface area contributed by atoms with Crippen LogP contribution in [0.4, 0.5) is 0 Å². The van der Waals surface area contributed by atoms with Gasteiger partial charge in [-0.15, -0.1) is 0 Å². The summed E-state index contributed by atoms with van der Waals surface area (Å²) in [7, 11) is 0. The molecule has 7 heteroatoms. The van der Waals surface area contributed by atoms with Crippen molar-refractivity contribution >= 4 is 17.3 Å². The van der Waals surface area contributed by atoms with Crippen molar-refractivity contribution in [1.82, 2.24) is 0 Å². The molecule has 1 aliphatic heterocycles. The lowest BCUT2D eigenvalue weighted by Crippen LogP contribution is -2.40. The minimum atomic E-state index is -1.51. The third-order valence-corrected chi connectivity index (χ3v) is 4.78. The molecule has 1 heterocycles. The minimum Gasteiger partial charge on any atom is -0.507 e. The van der Waals surface area contributed by atoms with Crippen LogP contribution in [0, 0.1) is 6.92 Å². The summed E-state index contributed by atoms with van der Waals surface area (Å²) >= 11 is 0. The molecule has 1 aromatic rings. The molecule has 0 radical (unpaired) electrons. The molecule has 1 atom stereocenters. The van der Waals surface area contributed by atoms with Crippen LogP contribution in [0.5, 0.6) is 17.2 Å². The monoisotopic (exact) mass is 343 g/mol. The lowest BCUT2D eigenvalue weighted by Gasteiger charge is -2.28. The normalized spacial score (nSPS) is 23.6. The van der Waals surface area contributed by atoms with E-state index in [1.54, 1.807) is 0 Å². The van der Waals surface area contributed by atoms with Gasteiger partial charge in [0.15, 0.2) is 17.3 Å². The van der Waals surface area contributed by atoms with Gasteiger partial charge in [-0.05, 0) is 27.7 Å². The Morgan fingerprint density at radius 2 is 1.80 bits per heavy atom. The van der Waals surface area contributed by atoms with Crippen molar-refractivity contribution in [3.63, 3.8) is 0 Å². The van der Waals surface area contributed by atoms with E-state index in [-0.39, 0.29) is 45.2 Å². The Bertz CT molecular complexity index is 949. The van der Waals surface area contributed by atoms with Crippen LogP contribution in [0.3, 0.4) is 0 Å². The van der Waals surface area contributed by atoms with E-state index in [9.17, 15) is 24.6 Å². The van der Waals surface area contributed by atoms with Gasteiger partial charge in [-0.3, -0.25) is 14.4 Å². The van der Waals surface area contributed by atoms with E-state index in [1.165, 1.54) is 27.7 Å². The first-order valence-corrected chi connectivity index (χ1v) is 7.58. The van der Waals surface area contributed by atoms with Crippen LogP contribution in [0.25, 0.3) is 0 Å². The van der Waals surface area contributed by atoms with Gasteiger partial charge in [0.25, 0.3) is 0 Å². The molecule has 130 valence electrons. The Morgan fingerprint density at radius 1 is 1.20 bits per heavy atom. The van der Waals surface area contributed by atoms with E-state index in [0.717, 1.165) is 6.08 Å². The first kappa shape index (κ1) is 16.8. The average Bonchev–Trinajstić information content (AvgIpc) is 2.78. The van der Waals surface area contributed by atoms with Gasteiger partial charge in [0, 0.05) is 17.3 Å². The summed E-state index contributed by atoms with van der Waals surface area (Å²) in [6.07, 6.45) is 1.13. The Kier molecular flexibility index (Phi) is 3.32. The number of hydrogen-bond acceptors (Lipinski definition) is 7. The van der Waals surface area contributed by atoms with Crippen molar-refractivity contribution in [3.05, 3.63) is 39.8 Å². The van der Waals surface area contributed by atoms with Crippen molar-refractivity contribution in [1.29, 1.82) is 0 Å². The Hall–Kier alpha value is -3.09. The molecule has 0 aromatic heterocycles. The summed E-state index contributed by atoms with van der Waals surface area (Å²) in [5.74, 6) is -2.62. The molecular weight excluding hydrogens is 326 g/mol. The fraction of sp³-hybridized carbons (Fsp3) is 0.278. The predicted molar refractivity (Wildman–Crippen MR) is 87.5 cm³/mol. The number of allylic oxidation sites excluding steroid dienone is 4. The predicted octanol–water partition coefficient (Wildman–Crippen LogP) is 1.53. The molecule has 1 aromatic carbocycles. The quantitative estimate of drug-likeness (QED) is 0.401. The van der Waals surface area contributed by atoms with Crippen molar-refractivity contribution < 1.29 is 29.3 Å². The van der Waals surface area contributed by atoms with Crippen LogP contribution >= 0.6 is 0 Å². The smallest absolute Gasteiger partial charge is 0.194 e. The highest BCUT2D eigenvalue weighted by Crippen LogP contribution is 2.57. The Balaban J connectivity index is 2.46. The topological polar surface area (TPSA) is 127 Å². The first-order valence-electron chi connectivity index (χ1n) is 7.58. The minimum absolute atomic E-state index is 0.00898. The number of carbonyl (C=O) groups excluding carboxylic acids is 3. The fourth-order valence-corrected chi connectivity index (χ4v) is 3.38. The highest BCUT2D eigenvalue weighted by atomic mass is 16.5.